The highest BCUT2D eigenvalue weighted by atomic mass is 19.3. The van der Waals surface area contributed by atoms with Crippen molar-refractivity contribution in [3.63, 3.8) is 0 Å². The Hall–Kier alpha value is -2.22. The van der Waals surface area contributed by atoms with Crippen molar-refractivity contribution in [3.05, 3.63) is 35.8 Å². The van der Waals surface area contributed by atoms with Gasteiger partial charge >= 0.3 is 0 Å². The van der Waals surface area contributed by atoms with Crippen molar-refractivity contribution in [1.29, 1.82) is 0 Å². The molecule has 0 aliphatic carbocycles. The van der Waals surface area contributed by atoms with Gasteiger partial charge in [0.25, 0.3) is 6.43 Å². The molecule has 1 aromatic heterocycles. The largest absolute Gasteiger partial charge is 0.361 e. The lowest BCUT2D eigenvalue weighted by atomic mass is 10.1. The van der Waals surface area contributed by atoms with Gasteiger partial charge in [-0.2, -0.15) is 0 Å². The number of H-pyrrole nitrogens is 1. The Labute approximate surface area is 157 Å². The second-order valence-corrected chi connectivity index (χ2v) is 6.86. The van der Waals surface area contributed by atoms with Gasteiger partial charge in [-0.25, -0.2) is 13.2 Å². The molecular weight excluding hydrogens is 355 g/mol. The highest BCUT2D eigenvalue weighted by Crippen LogP contribution is 2.19. The van der Waals surface area contributed by atoms with Crippen LogP contribution in [0.1, 0.15) is 18.4 Å². The third-order valence-electron chi connectivity index (χ3n) is 4.96. The first-order valence-electron chi connectivity index (χ1n) is 9.28. The SMILES string of the molecule is CN=C(NCCc1c[nH]c2ccc(F)cc12)NC1CCN(CC(F)F)CC1. The minimum Gasteiger partial charge on any atom is -0.361 e. The summed E-state index contributed by atoms with van der Waals surface area (Å²) >= 11 is 0. The smallest absolute Gasteiger partial charge is 0.251 e. The summed E-state index contributed by atoms with van der Waals surface area (Å²) in [6, 6.07) is 4.95. The van der Waals surface area contributed by atoms with Crippen LogP contribution in [0.3, 0.4) is 0 Å². The number of fused-ring (bicyclic) bond motifs is 1. The molecule has 0 spiro atoms. The topological polar surface area (TPSA) is 55.5 Å². The van der Waals surface area contributed by atoms with Gasteiger partial charge in [0.05, 0.1) is 6.54 Å². The fourth-order valence-electron chi connectivity index (χ4n) is 3.52. The summed E-state index contributed by atoms with van der Waals surface area (Å²) in [7, 11) is 1.71. The maximum absolute atomic E-state index is 13.5. The zero-order valence-corrected chi connectivity index (χ0v) is 15.4. The van der Waals surface area contributed by atoms with E-state index in [4.69, 9.17) is 0 Å². The molecule has 1 saturated heterocycles. The third-order valence-corrected chi connectivity index (χ3v) is 4.96. The van der Waals surface area contributed by atoms with Gasteiger partial charge in [-0.15, -0.1) is 0 Å². The number of guanidine groups is 1. The van der Waals surface area contributed by atoms with Crippen LogP contribution in [-0.2, 0) is 6.42 Å². The van der Waals surface area contributed by atoms with Crippen LogP contribution in [0, 0.1) is 5.82 Å². The molecule has 1 fully saturated rings. The van der Waals surface area contributed by atoms with E-state index in [-0.39, 0.29) is 18.4 Å². The van der Waals surface area contributed by atoms with Crippen LogP contribution < -0.4 is 10.6 Å². The van der Waals surface area contributed by atoms with E-state index in [0.29, 0.717) is 25.6 Å². The second-order valence-electron chi connectivity index (χ2n) is 6.86. The molecule has 0 radical (unpaired) electrons. The van der Waals surface area contributed by atoms with Crippen LogP contribution >= 0.6 is 0 Å². The first-order chi connectivity index (χ1) is 13.0. The fraction of sp³-hybridized carbons (Fsp3) is 0.526. The van der Waals surface area contributed by atoms with Crippen LogP contribution in [0.2, 0.25) is 0 Å². The van der Waals surface area contributed by atoms with Gasteiger partial charge in [-0.05, 0) is 43.0 Å². The lowest BCUT2D eigenvalue weighted by Crippen LogP contribution is -2.49. The quantitative estimate of drug-likeness (QED) is 0.533. The maximum Gasteiger partial charge on any atom is 0.251 e. The highest BCUT2D eigenvalue weighted by molar-refractivity contribution is 5.83. The van der Waals surface area contributed by atoms with Gasteiger partial charge in [-0.3, -0.25) is 9.89 Å². The number of aliphatic imine (C=N–C) groups is 1. The second kappa shape index (κ2) is 9.12. The third kappa shape index (κ3) is 5.38. The number of nitrogens with one attached hydrogen (secondary N) is 3. The predicted octanol–water partition coefficient (Wildman–Crippen LogP) is 2.74. The average Bonchev–Trinajstić information content (AvgIpc) is 3.04. The van der Waals surface area contributed by atoms with E-state index >= 15 is 0 Å². The molecule has 148 valence electrons. The molecule has 27 heavy (non-hydrogen) atoms. The Bertz CT molecular complexity index is 766. The molecule has 3 N–H and O–H groups in total. The zero-order valence-electron chi connectivity index (χ0n) is 15.4. The minimum atomic E-state index is -2.28. The van der Waals surface area contributed by atoms with Crippen LogP contribution in [0.25, 0.3) is 10.9 Å². The zero-order chi connectivity index (χ0) is 19.2. The Kier molecular flexibility index (Phi) is 6.60. The van der Waals surface area contributed by atoms with Gasteiger partial charge in [-0.1, -0.05) is 0 Å². The number of hydrogen-bond donors (Lipinski definition) is 3. The molecule has 0 amide bonds. The lowest BCUT2D eigenvalue weighted by molar-refractivity contribution is 0.0744. The average molecular weight is 381 g/mol. The molecule has 2 heterocycles. The van der Waals surface area contributed by atoms with Gasteiger partial charge in [0.2, 0.25) is 0 Å². The number of likely N-dealkylation sites (tertiary alicyclic amines) is 1. The Morgan fingerprint density at radius 3 is 2.81 bits per heavy atom. The van der Waals surface area contributed by atoms with Gasteiger partial charge in [0.15, 0.2) is 5.96 Å². The monoisotopic (exact) mass is 381 g/mol. The van der Waals surface area contributed by atoms with E-state index < -0.39 is 6.43 Å². The predicted molar refractivity (Wildman–Crippen MR) is 102 cm³/mol. The van der Waals surface area contributed by atoms with Crippen molar-refractivity contribution in [2.45, 2.75) is 31.7 Å². The number of aromatic nitrogens is 1. The van der Waals surface area contributed by atoms with E-state index in [1.54, 1.807) is 24.1 Å². The summed E-state index contributed by atoms with van der Waals surface area (Å²) in [4.78, 5) is 9.19. The first kappa shape index (κ1) is 19.5. The maximum atomic E-state index is 13.5. The Morgan fingerprint density at radius 2 is 2.11 bits per heavy atom. The van der Waals surface area contributed by atoms with Crippen LogP contribution in [0.5, 0.6) is 0 Å². The van der Waals surface area contributed by atoms with Gasteiger partial charge in [0.1, 0.15) is 5.82 Å². The molecule has 3 rings (SSSR count). The van der Waals surface area contributed by atoms with Crippen molar-refractivity contribution in [2.75, 3.05) is 33.2 Å². The van der Waals surface area contributed by atoms with Crippen molar-refractivity contribution in [2.24, 2.45) is 4.99 Å². The van der Waals surface area contributed by atoms with E-state index in [9.17, 15) is 13.2 Å². The standard InChI is InChI=1S/C19H26F3N5/c1-23-19(26-15-5-8-27(9-6-15)12-18(21)22)24-7-4-13-11-25-17-3-2-14(20)10-16(13)17/h2-3,10-11,15,18,25H,4-9,12H2,1H3,(H2,23,24,26). The summed E-state index contributed by atoms with van der Waals surface area (Å²) in [5, 5.41) is 7.53. The molecule has 8 heteroatoms. The van der Waals surface area contributed by atoms with Gasteiger partial charge < -0.3 is 15.6 Å². The van der Waals surface area contributed by atoms with E-state index in [1.165, 1.54) is 6.07 Å². The molecule has 0 atom stereocenters. The minimum absolute atomic E-state index is 0.148. The molecule has 0 bridgehead atoms. The number of piperidine rings is 1. The Morgan fingerprint density at radius 1 is 1.33 bits per heavy atom. The molecule has 0 saturated carbocycles. The first-order valence-corrected chi connectivity index (χ1v) is 9.28. The molecule has 1 aromatic carbocycles. The molecule has 2 aromatic rings. The summed E-state index contributed by atoms with van der Waals surface area (Å²) in [6.45, 7) is 1.85. The molecule has 1 aliphatic rings. The molecule has 0 unspecified atom stereocenters. The highest BCUT2D eigenvalue weighted by Gasteiger charge is 2.21. The normalized spacial score (nSPS) is 17.0. The summed E-state index contributed by atoms with van der Waals surface area (Å²) in [5.74, 6) is 0.459. The van der Waals surface area contributed by atoms with Crippen LogP contribution in [-0.4, -0.2) is 61.5 Å². The number of nitrogens with zero attached hydrogens (tertiary/aromatic N) is 2. The number of benzene rings is 1. The summed E-state index contributed by atoms with van der Waals surface area (Å²) in [5.41, 5.74) is 1.97. The number of aromatic amines is 1. The molecule has 1 aliphatic heterocycles. The molecular formula is C19H26F3N5. The summed E-state index contributed by atoms with van der Waals surface area (Å²) in [6.07, 6.45) is 1.99. The Balaban J connectivity index is 1.45. The number of hydrogen-bond acceptors (Lipinski definition) is 2. The van der Waals surface area contributed by atoms with Crippen molar-refractivity contribution < 1.29 is 13.2 Å². The fourth-order valence-corrected chi connectivity index (χ4v) is 3.52. The summed E-state index contributed by atoms with van der Waals surface area (Å²) < 4.78 is 38.3. The van der Waals surface area contributed by atoms with E-state index in [2.05, 4.69) is 20.6 Å². The van der Waals surface area contributed by atoms with Gasteiger partial charge in [0, 0.05) is 49.8 Å². The van der Waals surface area contributed by atoms with Crippen LogP contribution in [0.4, 0.5) is 13.2 Å². The number of alkyl halides is 2. The van der Waals surface area contributed by atoms with E-state index in [1.807, 2.05) is 6.20 Å². The van der Waals surface area contributed by atoms with Crippen molar-refractivity contribution in [3.8, 4) is 0 Å². The lowest BCUT2D eigenvalue weighted by Gasteiger charge is -2.32. The van der Waals surface area contributed by atoms with Crippen molar-refractivity contribution in [1.82, 2.24) is 20.5 Å². The van der Waals surface area contributed by atoms with Crippen molar-refractivity contribution >= 4 is 16.9 Å². The van der Waals surface area contributed by atoms with Crippen LogP contribution in [0.15, 0.2) is 29.4 Å². The van der Waals surface area contributed by atoms with E-state index in [0.717, 1.165) is 35.7 Å². The number of halogens is 3. The number of rotatable bonds is 6. The molecule has 5 nitrogen and oxygen atoms in total.